The third-order valence-corrected chi connectivity index (χ3v) is 6.02. The predicted octanol–water partition coefficient (Wildman–Crippen LogP) is -3.15. The quantitative estimate of drug-likeness (QED) is 0.256. The van der Waals surface area contributed by atoms with Gasteiger partial charge in [-0.2, -0.15) is 0 Å². The summed E-state index contributed by atoms with van der Waals surface area (Å²) in [6, 6.07) is -1.29. The summed E-state index contributed by atoms with van der Waals surface area (Å²) >= 11 is 0. The Kier molecular flexibility index (Phi) is 6.15. The third kappa shape index (κ3) is 3.31. The third-order valence-electron chi connectivity index (χ3n) is 6.02. The Bertz CT molecular complexity index is 529. The van der Waals surface area contributed by atoms with E-state index in [0.29, 0.717) is 6.54 Å². The minimum absolute atomic E-state index is 0.0828. The summed E-state index contributed by atoms with van der Waals surface area (Å²) in [5.74, 6) is -2.15. The van der Waals surface area contributed by atoms with Crippen LogP contribution >= 0.6 is 0 Å². The molecule has 0 aromatic rings. The molecule has 7 N–H and O–H groups in total. The Labute approximate surface area is 159 Å². The highest BCUT2D eigenvalue weighted by Crippen LogP contribution is 2.46. The van der Waals surface area contributed by atoms with Crippen molar-refractivity contribution in [2.24, 2.45) is 0 Å². The van der Waals surface area contributed by atoms with Crippen LogP contribution in [0.4, 0.5) is 0 Å². The van der Waals surface area contributed by atoms with Crippen LogP contribution < -0.4 is 16.0 Å². The zero-order chi connectivity index (χ0) is 20.0. The monoisotopic (exact) mass is 391 g/mol. The number of hydrogen-bond donors (Lipinski definition) is 7. The van der Waals surface area contributed by atoms with E-state index in [1.165, 1.54) is 0 Å². The molecule has 3 aliphatic rings. The molecule has 1 saturated carbocycles. The molecule has 0 spiro atoms. The first-order valence-electron chi connectivity index (χ1n) is 9.57. The molecule has 3 rings (SSSR count). The topological polar surface area (TPSA) is 145 Å². The Balaban J connectivity index is 1.94. The maximum absolute atomic E-state index is 11.3. The molecule has 0 aromatic carbocycles. The van der Waals surface area contributed by atoms with Gasteiger partial charge < -0.3 is 50.6 Å². The smallest absolute Gasteiger partial charge is 0.249 e. The Morgan fingerprint density at radius 1 is 1.00 bits per heavy atom. The van der Waals surface area contributed by atoms with E-state index in [0.717, 1.165) is 0 Å². The Morgan fingerprint density at radius 3 is 2.26 bits per heavy atom. The fourth-order valence-electron chi connectivity index (χ4n) is 4.56. The van der Waals surface area contributed by atoms with Crippen LogP contribution in [0.15, 0.2) is 0 Å². The number of likely N-dealkylation sites (N-methyl/N-ethyl adjacent to an activating group) is 3. The zero-order valence-electron chi connectivity index (χ0n) is 16.3. The van der Waals surface area contributed by atoms with Crippen molar-refractivity contribution in [2.45, 2.75) is 80.5 Å². The van der Waals surface area contributed by atoms with E-state index in [1.54, 1.807) is 21.0 Å². The van der Waals surface area contributed by atoms with Crippen molar-refractivity contribution in [2.75, 3.05) is 27.2 Å². The van der Waals surface area contributed by atoms with Gasteiger partial charge in [-0.1, -0.05) is 6.92 Å². The van der Waals surface area contributed by atoms with Crippen LogP contribution in [0.2, 0.25) is 0 Å². The minimum Gasteiger partial charge on any atom is -0.390 e. The highest BCUT2D eigenvalue weighted by molar-refractivity contribution is 5.12. The lowest BCUT2D eigenvalue weighted by Gasteiger charge is -2.60. The summed E-state index contributed by atoms with van der Waals surface area (Å²) in [4.78, 5) is 0. The second-order valence-electron chi connectivity index (χ2n) is 7.78. The van der Waals surface area contributed by atoms with Crippen molar-refractivity contribution in [1.29, 1.82) is 0 Å². The molecular weight excluding hydrogens is 358 g/mol. The molecule has 10 atom stereocenters. The van der Waals surface area contributed by atoms with Crippen molar-refractivity contribution >= 4 is 0 Å². The van der Waals surface area contributed by atoms with Gasteiger partial charge in [-0.05, 0) is 27.6 Å². The standard InChI is InChI=1S/C17H33N3O7/c1-5-20-7-16(23)6-8(2)25-15-17(16,24)27-13-10(19-4)11(21)9(18-3)12(22)14(13)26-15/h8-15,18-24H,5-7H2,1-4H3/t8-,9-,10+,11+,12+,13-,14?,15+,16-,17-/m1/s1. The first kappa shape index (κ1) is 21.3. The van der Waals surface area contributed by atoms with E-state index in [2.05, 4.69) is 16.0 Å². The van der Waals surface area contributed by atoms with Gasteiger partial charge in [-0.15, -0.1) is 0 Å². The molecule has 10 heteroatoms. The van der Waals surface area contributed by atoms with Gasteiger partial charge in [-0.25, -0.2) is 0 Å². The number of ether oxygens (including phenoxy) is 3. The van der Waals surface area contributed by atoms with Crippen molar-refractivity contribution in [3.63, 3.8) is 0 Å². The van der Waals surface area contributed by atoms with E-state index < -0.39 is 54.2 Å². The highest BCUT2D eigenvalue weighted by atomic mass is 16.8. The maximum atomic E-state index is 11.3. The number of aliphatic hydroxyl groups excluding tert-OH is 2. The van der Waals surface area contributed by atoms with Gasteiger partial charge in [0, 0.05) is 13.0 Å². The summed E-state index contributed by atoms with van der Waals surface area (Å²) < 4.78 is 17.7. The zero-order valence-corrected chi connectivity index (χ0v) is 16.3. The average molecular weight is 391 g/mol. The maximum Gasteiger partial charge on any atom is 0.249 e. The molecule has 2 saturated heterocycles. The van der Waals surface area contributed by atoms with Gasteiger partial charge in [0.25, 0.3) is 0 Å². The van der Waals surface area contributed by atoms with Crippen LogP contribution in [0.25, 0.3) is 0 Å². The van der Waals surface area contributed by atoms with Crippen LogP contribution in [0, 0.1) is 0 Å². The molecule has 0 aromatic heterocycles. The van der Waals surface area contributed by atoms with Crippen LogP contribution in [-0.2, 0) is 14.2 Å². The number of rotatable bonds is 5. The van der Waals surface area contributed by atoms with Crippen LogP contribution in [0.5, 0.6) is 0 Å². The Hall–Kier alpha value is -0.400. The number of nitrogens with one attached hydrogen (secondary N) is 3. The summed E-state index contributed by atoms with van der Waals surface area (Å²) in [7, 11) is 3.29. The van der Waals surface area contributed by atoms with Crippen LogP contribution in [0.1, 0.15) is 20.3 Å². The van der Waals surface area contributed by atoms with Gasteiger partial charge in [0.1, 0.15) is 23.9 Å². The lowest BCUT2D eigenvalue weighted by atomic mass is 9.77. The first-order valence-corrected chi connectivity index (χ1v) is 9.57. The fraction of sp³-hybridized carbons (Fsp3) is 1.00. The molecule has 2 heterocycles. The fourth-order valence-corrected chi connectivity index (χ4v) is 4.56. The van der Waals surface area contributed by atoms with Gasteiger partial charge in [0.15, 0.2) is 0 Å². The Morgan fingerprint density at radius 2 is 1.67 bits per heavy atom. The van der Waals surface area contributed by atoms with E-state index >= 15 is 0 Å². The molecule has 3 fully saturated rings. The summed E-state index contributed by atoms with van der Waals surface area (Å²) in [6.45, 7) is 4.36. The van der Waals surface area contributed by atoms with E-state index in [9.17, 15) is 20.4 Å². The van der Waals surface area contributed by atoms with Crippen molar-refractivity contribution in [1.82, 2.24) is 16.0 Å². The molecule has 1 unspecified atom stereocenters. The highest BCUT2D eigenvalue weighted by Gasteiger charge is 2.68. The molecule has 0 bridgehead atoms. The first-order chi connectivity index (χ1) is 12.7. The second kappa shape index (κ2) is 7.79. The summed E-state index contributed by atoms with van der Waals surface area (Å²) in [5.41, 5.74) is -1.66. The van der Waals surface area contributed by atoms with Crippen molar-refractivity contribution < 1.29 is 34.6 Å². The normalized spacial score (nSPS) is 52.9. The molecule has 158 valence electrons. The second-order valence-corrected chi connectivity index (χ2v) is 7.78. The van der Waals surface area contributed by atoms with Gasteiger partial charge >= 0.3 is 0 Å². The van der Waals surface area contributed by atoms with E-state index in [1.807, 2.05) is 6.92 Å². The minimum atomic E-state index is -2.15. The van der Waals surface area contributed by atoms with E-state index in [4.69, 9.17) is 14.2 Å². The SMILES string of the molecule is CCNC[C@]1(O)C[C@@H](C)O[C@H]2OC3[C@@H](O)[C@H](NC)[C@H](O)[C@H](NC)[C@H]3O[C@]21O. The lowest BCUT2D eigenvalue weighted by Crippen LogP contribution is -2.81. The van der Waals surface area contributed by atoms with Gasteiger partial charge in [0.2, 0.25) is 12.1 Å². The van der Waals surface area contributed by atoms with Gasteiger partial charge in [-0.3, -0.25) is 0 Å². The van der Waals surface area contributed by atoms with Crippen molar-refractivity contribution in [3.05, 3.63) is 0 Å². The molecule has 1 aliphatic carbocycles. The molecular formula is C17H33N3O7. The van der Waals surface area contributed by atoms with Crippen LogP contribution in [-0.4, -0.2) is 108 Å². The lowest BCUT2D eigenvalue weighted by molar-refractivity contribution is -0.482. The van der Waals surface area contributed by atoms with Crippen LogP contribution in [0.3, 0.4) is 0 Å². The molecule has 0 amide bonds. The number of fused-ring (bicyclic) bond motifs is 2. The van der Waals surface area contributed by atoms with E-state index in [-0.39, 0.29) is 19.1 Å². The summed E-state index contributed by atoms with van der Waals surface area (Å²) in [5, 5.41) is 52.8. The van der Waals surface area contributed by atoms with Gasteiger partial charge in [0.05, 0.1) is 24.3 Å². The average Bonchev–Trinajstić information content (AvgIpc) is 2.61. The predicted molar refractivity (Wildman–Crippen MR) is 94.9 cm³/mol. The molecule has 10 nitrogen and oxygen atoms in total. The largest absolute Gasteiger partial charge is 0.390 e. The molecule has 27 heavy (non-hydrogen) atoms. The molecule has 0 radical (unpaired) electrons. The number of aliphatic hydroxyl groups is 4. The summed E-state index contributed by atoms with van der Waals surface area (Å²) in [6.07, 6.45) is -5.35. The number of hydrogen-bond acceptors (Lipinski definition) is 10. The molecule has 2 aliphatic heterocycles. The van der Waals surface area contributed by atoms with Crippen molar-refractivity contribution in [3.8, 4) is 0 Å².